The lowest BCUT2D eigenvalue weighted by molar-refractivity contribution is 0.446. The van der Waals surface area contributed by atoms with Crippen LogP contribution < -0.4 is 10.9 Å². The first kappa shape index (κ1) is 14.5. The van der Waals surface area contributed by atoms with E-state index in [2.05, 4.69) is 30.2 Å². The quantitative estimate of drug-likeness (QED) is 0.765. The van der Waals surface area contributed by atoms with Gasteiger partial charge in [0.05, 0.1) is 11.2 Å². The molecular formula is C18H22N4O. The van der Waals surface area contributed by atoms with E-state index in [0.717, 1.165) is 48.2 Å². The molecule has 3 aromatic rings. The zero-order valence-electron chi connectivity index (χ0n) is 13.6. The molecule has 1 aliphatic rings. The van der Waals surface area contributed by atoms with Crippen molar-refractivity contribution in [3.8, 4) is 0 Å². The van der Waals surface area contributed by atoms with Crippen LogP contribution in [0.1, 0.15) is 49.8 Å². The van der Waals surface area contributed by atoms with Gasteiger partial charge in [-0.1, -0.05) is 26.0 Å². The summed E-state index contributed by atoms with van der Waals surface area (Å²) >= 11 is 0. The highest BCUT2D eigenvalue weighted by molar-refractivity contribution is 5.95. The molecule has 5 nitrogen and oxygen atoms in total. The Bertz CT molecular complexity index is 916. The Morgan fingerprint density at radius 2 is 2.04 bits per heavy atom. The van der Waals surface area contributed by atoms with Gasteiger partial charge in [-0.3, -0.25) is 4.79 Å². The van der Waals surface area contributed by atoms with E-state index >= 15 is 0 Å². The maximum Gasteiger partial charge on any atom is 0.251 e. The second kappa shape index (κ2) is 5.49. The van der Waals surface area contributed by atoms with Gasteiger partial charge in [0.1, 0.15) is 5.65 Å². The molecule has 0 radical (unpaired) electrons. The predicted octanol–water partition coefficient (Wildman–Crippen LogP) is 2.77. The van der Waals surface area contributed by atoms with Crippen LogP contribution in [0.4, 0.5) is 0 Å². The Hall–Kier alpha value is -2.14. The third kappa shape index (κ3) is 2.36. The summed E-state index contributed by atoms with van der Waals surface area (Å²) in [6, 6.07) is 7.93. The molecule has 0 bridgehead atoms. The normalized spacial score (nSPS) is 16.7. The third-order valence-corrected chi connectivity index (χ3v) is 4.88. The summed E-state index contributed by atoms with van der Waals surface area (Å²) in [6.45, 7) is 6.34. The average molecular weight is 310 g/mol. The van der Waals surface area contributed by atoms with E-state index < -0.39 is 0 Å². The van der Waals surface area contributed by atoms with Crippen LogP contribution in [0.25, 0.3) is 16.6 Å². The third-order valence-electron chi connectivity index (χ3n) is 4.88. The SMILES string of the molecule is CC(C)c1cccc2nn3c(C4CCNCC4)cc(=O)[nH]c3c12. The molecule has 0 amide bonds. The van der Waals surface area contributed by atoms with E-state index in [0.29, 0.717) is 11.8 Å². The molecular weight excluding hydrogens is 288 g/mol. The Morgan fingerprint density at radius 3 is 2.78 bits per heavy atom. The van der Waals surface area contributed by atoms with Crippen molar-refractivity contribution in [2.45, 2.75) is 38.5 Å². The van der Waals surface area contributed by atoms with Gasteiger partial charge >= 0.3 is 0 Å². The molecule has 5 heteroatoms. The topological polar surface area (TPSA) is 62.2 Å². The van der Waals surface area contributed by atoms with Gasteiger partial charge < -0.3 is 10.3 Å². The van der Waals surface area contributed by atoms with Crippen LogP contribution >= 0.6 is 0 Å². The van der Waals surface area contributed by atoms with Crippen LogP contribution in [0.15, 0.2) is 29.1 Å². The lowest BCUT2D eigenvalue weighted by Crippen LogP contribution is -2.28. The number of H-pyrrole nitrogens is 1. The number of hydrogen-bond acceptors (Lipinski definition) is 3. The molecule has 2 aromatic heterocycles. The van der Waals surface area contributed by atoms with E-state index in [4.69, 9.17) is 5.10 Å². The predicted molar refractivity (Wildman–Crippen MR) is 92.3 cm³/mol. The van der Waals surface area contributed by atoms with Gasteiger partial charge in [0.25, 0.3) is 5.56 Å². The molecule has 1 saturated heterocycles. The van der Waals surface area contributed by atoms with Crippen LogP contribution in [0.5, 0.6) is 0 Å². The number of rotatable bonds is 2. The molecule has 0 saturated carbocycles. The molecule has 0 spiro atoms. The summed E-state index contributed by atoms with van der Waals surface area (Å²) in [7, 11) is 0. The van der Waals surface area contributed by atoms with Crippen LogP contribution in [0, 0.1) is 0 Å². The van der Waals surface area contributed by atoms with Crippen molar-refractivity contribution in [2.75, 3.05) is 13.1 Å². The van der Waals surface area contributed by atoms with E-state index in [1.807, 2.05) is 16.6 Å². The smallest absolute Gasteiger partial charge is 0.251 e. The molecule has 23 heavy (non-hydrogen) atoms. The first-order chi connectivity index (χ1) is 11.1. The second-order valence-corrected chi connectivity index (χ2v) is 6.74. The van der Waals surface area contributed by atoms with E-state index in [9.17, 15) is 4.79 Å². The second-order valence-electron chi connectivity index (χ2n) is 6.74. The molecule has 0 unspecified atom stereocenters. The molecule has 3 heterocycles. The molecule has 1 aromatic carbocycles. The Morgan fingerprint density at radius 1 is 1.26 bits per heavy atom. The summed E-state index contributed by atoms with van der Waals surface area (Å²) in [5.41, 5.74) is 4.02. The fraction of sp³-hybridized carbons (Fsp3) is 0.444. The van der Waals surface area contributed by atoms with Gasteiger partial charge in [0.2, 0.25) is 0 Å². The molecule has 120 valence electrons. The summed E-state index contributed by atoms with van der Waals surface area (Å²) in [5.74, 6) is 0.774. The fourth-order valence-electron chi connectivity index (χ4n) is 3.70. The summed E-state index contributed by atoms with van der Waals surface area (Å²) < 4.78 is 1.97. The largest absolute Gasteiger partial charge is 0.317 e. The number of piperidine rings is 1. The zero-order valence-corrected chi connectivity index (χ0v) is 13.6. The highest BCUT2D eigenvalue weighted by Gasteiger charge is 2.21. The van der Waals surface area contributed by atoms with Gasteiger partial charge in [-0.2, -0.15) is 5.10 Å². The van der Waals surface area contributed by atoms with Gasteiger partial charge in [-0.15, -0.1) is 0 Å². The molecule has 0 aliphatic carbocycles. The summed E-state index contributed by atoms with van der Waals surface area (Å²) in [5, 5.41) is 9.26. The van der Waals surface area contributed by atoms with Gasteiger partial charge in [0, 0.05) is 17.4 Å². The number of fused-ring (bicyclic) bond motifs is 3. The standard InChI is InChI=1S/C18H22N4O/c1-11(2)13-4-3-5-14-17(13)18-20-16(23)10-15(22(18)21-14)12-6-8-19-9-7-12/h3-5,10-12,19H,6-9H2,1-2H3,(H,20,23). The van der Waals surface area contributed by atoms with E-state index in [1.165, 1.54) is 5.56 Å². The van der Waals surface area contributed by atoms with Gasteiger partial charge in [-0.05, 0) is 43.5 Å². The van der Waals surface area contributed by atoms with Crippen molar-refractivity contribution in [2.24, 2.45) is 0 Å². The highest BCUT2D eigenvalue weighted by Crippen LogP contribution is 2.30. The Balaban J connectivity index is 2.04. The fourth-order valence-corrected chi connectivity index (χ4v) is 3.70. The lowest BCUT2D eigenvalue weighted by atomic mass is 9.94. The minimum atomic E-state index is -0.0357. The maximum atomic E-state index is 12.3. The van der Waals surface area contributed by atoms with Crippen LogP contribution in [-0.2, 0) is 0 Å². The molecule has 1 aliphatic heterocycles. The van der Waals surface area contributed by atoms with Crippen LogP contribution in [0.3, 0.4) is 0 Å². The lowest BCUT2D eigenvalue weighted by Gasteiger charge is -2.23. The number of hydrogen-bond donors (Lipinski definition) is 2. The number of nitrogens with one attached hydrogen (secondary N) is 2. The summed E-state index contributed by atoms with van der Waals surface area (Å²) in [4.78, 5) is 15.3. The van der Waals surface area contributed by atoms with Crippen molar-refractivity contribution in [1.29, 1.82) is 0 Å². The number of aromatic amines is 1. The minimum absolute atomic E-state index is 0.0357. The Labute approximate surface area is 134 Å². The Kier molecular flexibility index (Phi) is 3.45. The van der Waals surface area contributed by atoms with Crippen LogP contribution in [-0.4, -0.2) is 27.7 Å². The minimum Gasteiger partial charge on any atom is -0.317 e. The van der Waals surface area contributed by atoms with Crippen molar-refractivity contribution in [3.05, 3.63) is 45.9 Å². The average Bonchev–Trinajstić information content (AvgIpc) is 2.93. The molecule has 2 N–H and O–H groups in total. The zero-order chi connectivity index (χ0) is 16.0. The van der Waals surface area contributed by atoms with Gasteiger partial charge in [-0.25, -0.2) is 4.52 Å². The van der Waals surface area contributed by atoms with Crippen molar-refractivity contribution >= 4 is 16.6 Å². The van der Waals surface area contributed by atoms with Gasteiger partial charge in [0.15, 0.2) is 0 Å². The first-order valence-electron chi connectivity index (χ1n) is 8.40. The van der Waals surface area contributed by atoms with E-state index in [1.54, 1.807) is 6.07 Å². The number of aromatic nitrogens is 3. The monoisotopic (exact) mass is 310 g/mol. The van der Waals surface area contributed by atoms with Crippen molar-refractivity contribution < 1.29 is 0 Å². The highest BCUT2D eigenvalue weighted by atomic mass is 16.1. The van der Waals surface area contributed by atoms with Crippen molar-refractivity contribution in [1.82, 2.24) is 19.9 Å². The number of benzene rings is 1. The number of nitrogens with zero attached hydrogens (tertiary/aromatic N) is 2. The first-order valence-corrected chi connectivity index (χ1v) is 8.40. The molecule has 1 fully saturated rings. The van der Waals surface area contributed by atoms with E-state index in [-0.39, 0.29) is 5.56 Å². The molecule has 0 atom stereocenters. The van der Waals surface area contributed by atoms with Crippen LogP contribution in [0.2, 0.25) is 0 Å². The molecule has 4 rings (SSSR count). The summed E-state index contributed by atoms with van der Waals surface area (Å²) in [6.07, 6.45) is 2.09. The maximum absolute atomic E-state index is 12.3. The van der Waals surface area contributed by atoms with Crippen molar-refractivity contribution in [3.63, 3.8) is 0 Å².